The normalized spacial score (nSPS) is 17.2. The number of piperidine rings is 1. The average molecular weight is 401 g/mol. The number of guanidine groups is 1. The molecule has 4 nitrogen and oxygen atoms in total. The molecule has 1 fully saturated rings. The van der Waals surface area contributed by atoms with Crippen LogP contribution in [0, 0.1) is 11.6 Å². The van der Waals surface area contributed by atoms with Gasteiger partial charge in [0, 0.05) is 39.3 Å². The Kier molecular flexibility index (Phi) is 7.58. The minimum atomic E-state index is -0.815. The van der Waals surface area contributed by atoms with Crippen LogP contribution in [0.4, 0.5) is 8.78 Å². The summed E-state index contributed by atoms with van der Waals surface area (Å²) in [7, 11) is 1.75. The van der Waals surface area contributed by atoms with Crippen molar-refractivity contribution >= 4 is 5.96 Å². The average Bonchev–Trinajstić information content (AvgIpc) is 2.74. The lowest BCUT2D eigenvalue weighted by Crippen LogP contribution is -2.49. The van der Waals surface area contributed by atoms with Gasteiger partial charge >= 0.3 is 0 Å². The second-order valence-electron chi connectivity index (χ2n) is 7.71. The van der Waals surface area contributed by atoms with Crippen LogP contribution in [0.25, 0.3) is 0 Å². The summed E-state index contributed by atoms with van der Waals surface area (Å²) in [6.45, 7) is 5.67. The van der Waals surface area contributed by atoms with Crippen molar-refractivity contribution in [3.63, 3.8) is 0 Å². The fraction of sp³-hybridized carbons (Fsp3) is 0.435. The third-order valence-corrected chi connectivity index (χ3v) is 5.49. The summed E-state index contributed by atoms with van der Waals surface area (Å²) in [5.41, 5.74) is 2.11. The Hall–Kier alpha value is -2.47. The molecule has 1 unspecified atom stereocenters. The summed E-state index contributed by atoms with van der Waals surface area (Å²) >= 11 is 0. The number of nitrogens with zero attached hydrogens (tertiary/aromatic N) is 2. The number of hydrogen-bond donors (Lipinski definition) is 2. The minimum Gasteiger partial charge on any atom is -0.356 e. The molecule has 2 aromatic rings. The molecule has 0 amide bonds. The molecular weight excluding hydrogens is 370 g/mol. The summed E-state index contributed by atoms with van der Waals surface area (Å²) in [4.78, 5) is 6.79. The van der Waals surface area contributed by atoms with Crippen LogP contribution in [0.2, 0.25) is 0 Å². The lowest BCUT2D eigenvalue weighted by Gasteiger charge is -2.33. The number of benzene rings is 2. The molecule has 0 aromatic heterocycles. The van der Waals surface area contributed by atoms with E-state index in [1.165, 1.54) is 17.7 Å². The van der Waals surface area contributed by atoms with E-state index in [1.807, 2.05) is 13.0 Å². The van der Waals surface area contributed by atoms with Crippen LogP contribution in [0.15, 0.2) is 53.5 Å². The molecule has 1 aliphatic rings. The van der Waals surface area contributed by atoms with E-state index in [9.17, 15) is 8.78 Å². The first-order valence-corrected chi connectivity index (χ1v) is 10.2. The summed E-state index contributed by atoms with van der Waals surface area (Å²) < 4.78 is 26.6. The van der Waals surface area contributed by atoms with Crippen molar-refractivity contribution in [3.05, 3.63) is 71.3 Å². The van der Waals surface area contributed by atoms with Crippen molar-refractivity contribution in [3.8, 4) is 0 Å². The minimum absolute atomic E-state index is 0.0383. The van der Waals surface area contributed by atoms with Crippen molar-refractivity contribution in [1.29, 1.82) is 0 Å². The highest BCUT2D eigenvalue weighted by Gasteiger charge is 2.20. The Morgan fingerprint density at radius 3 is 2.48 bits per heavy atom. The molecule has 1 heterocycles. The Morgan fingerprint density at radius 1 is 1.10 bits per heavy atom. The molecule has 2 N–H and O–H groups in total. The van der Waals surface area contributed by atoms with Gasteiger partial charge in [-0.25, -0.2) is 8.78 Å². The molecule has 29 heavy (non-hydrogen) atoms. The topological polar surface area (TPSA) is 39.7 Å². The number of halogens is 2. The summed E-state index contributed by atoms with van der Waals surface area (Å²) in [6.07, 6.45) is 2.12. The van der Waals surface area contributed by atoms with Crippen molar-refractivity contribution < 1.29 is 8.78 Å². The molecule has 6 heteroatoms. The standard InChI is InChI=1S/C23H30F2N4/c1-17(19-8-9-21(24)22(25)14-19)15-27-23(26-2)28-20-10-12-29(13-11-20)16-18-6-4-3-5-7-18/h3-9,14,17,20H,10-13,15-16H2,1-2H3,(H2,26,27,28). The molecule has 0 spiro atoms. The Morgan fingerprint density at radius 2 is 1.83 bits per heavy atom. The molecule has 0 aliphatic carbocycles. The molecule has 0 saturated carbocycles. The summed E-state index contributed by atoms with van der Waals surface area (Å²) in [6, 6.07) is 15.0. The van der Waals surface area contributed by atoms with Gasteiger partial charge in [-0.05, 0) is 42.0 Å². The SMILES string of the molecule is CN=C(NCC(C)c1ccc(F)c(F)c1)NC1CCN(Cc2ccccc2)CC1. The molecule has 3 rings (SSSR count). The highest BCUT2D eigenvalue weighted by molar-refractivity contribution is 5.80. The van der Waals surface area contributed by atoms with E-state index >= 15 is 0 Å². The third kappa shape index (κ3) is 6.26. The number of aliphatic imine (C=N–C) groups is 1. The number of rotatable bonds is 6. The maximum Gasteiger partial charge on any atom is 0.191 e. The lowest BCUT2D eigenvalue weighted by molar-refractivity contribution is 0.198. The maximum atomic E-state index is 13.4. The van der Waals surface area contributed by atoms with Gasteiger partial charge in [0.15, 0.2) is 17.6 Å². The number of likely N-dealkylation sites (tertiary alicyclic amines) is 1. The van der Waals surface area contributed by atoms with Gasteiger partial charge in [0.05, 0.1) is 0 Å². The van der Waals surface area contributed by atoms with E-state index in [-0.39, 0.29) is 5.92 Å². The highest BCUT2D eigenvalue weighted by Crippen LogP contribution is 2.17. The molecule has 0 radical (unpaired) electrons. The Balaban J connectivity index is 1.43. The predicted molar refractivity (Wildman–Crippen MR) is 114 cm³/mol. The van der Waals surface area contributed by atoms with E-state index in [2.05, 4.69) is 44.8 Å². The van der Waals surface area contributed by atoms with Crippen LogP contribution in [0.3, 0.4) is 0 Å². The fourth-order valence-electron chi connectivity index (χ4n) is 3.65. The second kappa shape index (κ2) is 10.3. The van der Waals surface area contributed by atoms with Crippen LogP contribution in [0.5, 0.6) is 0 Å². The molecule has 1 aliphatic heterocycles. The molecule has 1 atom stereocenters. The highest BCUT2D eigenvalue weighted by atomic mass is 19.2. The van der Waals surface area contributed by atoms with Gasteiger partial charge in [-0.2, -0.15) is 0 Å². The fourth-order valence-corrected chi connectivity index (χ4v) is 3.65. The van der Waals surface area contributed by atoms with Crippen LogP contribution >= 0.6 is 0 Å². The Labute approximate surface area is 172 Å². The first kappa shape index (κ1) is 21.2. The monoisotopic (exact) mass is 400 g/mol. The van der Waals surface area contributed by atoms with Crippen molar-refractivity contribution in [1.82, 2.24) is 15.5 Å². The van der Waals surface area contributed by atoms with Gasteiger partial charge in [0.2, 0.25) is 0 Å². The van der Waals surface area contributed by atoms with Gasteiger partial charge in [0.1, 0.15) is 0 Å². The quantitative estimate of drug-likeness (QED) is 0.571. The molecule has 1 saturated heterocycles. The first-order chi connectivity index (χ1) is 14.0. The first-order valence-electron chi connectivity index (χ1n) is 10.2. The van der Waals surface area contributed by atoms with Crippen molar-refractivity contribution in [2.75, 3.05) is 26.7 Å². The lowest BCUT2D eigenvalue weighted by atomic mass is 10.0. The smallest absolute Gasteiger partial charge is 0.191 e. The third-order valence-electron chi connectivity index (χ3n) is 5.49. The van der Waals surface area contributed by atoms with Crippen LogP contribution in [-0.2, 0) is 6.54 Å². The molecule has 0 bridgehead atoms. The van der Waals surface area contributed by atoms with E-state index < -0.39 is 11.6 Å². The summed E-state index contributed by atoms with van der Waals surface area (Å²) in [5, 5.41) is 6.80. The van der Waals surface area contributed by atoms with Crippen molar-refractivity contribution in [2.24, 2.45) is 4.99 Å². The van der Waals surface area contributed by atoms with Crippen LogP contribution in [0.1, 0.15) is 36.8 Å². The van der Waals surface area contributed by atoms with Crippen LogP contribution in [-0.4, -0.2) is 43.6 Å². The van der Waals surface area contributed by atoms with E-state index in [0.29, 0.717) is 12.6 Å². The van der Waals surface area contributed by atoms with E-state index in [1.54, 1.807) is 13.1 Å². The maximum absolute atomic E-state index is 13.4. The van der Waals surface area contributed by atoms with Gasteiger partial charge in [0.25, 0.3) is 0 Å². The molecule has 156 valence electrons. The second-order valence-corrected chi connectivity index (χ2v) is 7.71. The van der Waals surface area contributed by atoms with Gasteiger partial charge < -0.3 is 10.6 Å². The zero-order valence-corrected chi connectivity index (χ0v) is 17.2. The molecule has 2 aromatic carbocycles. The summed E-state index contributed by atoms with van der Waals surface area (Å²) in [5.74, 6) is -0.832. The van der Waals surface area contributed by atoms with E-state index in [4.69, 9.17) is 0 Å². The largest absolute Gasteiger partial charge is 0.356 e. The zero-order valence-electron chi connectivity index (χ0n) is 17.2. The van der Waals surface area contributed by atoms with Crippen molar-refractivity contribution in [2.45, 2.75) is 38.3 Å². The van der Waals surface area contributed by atoms with Gasteiger partial charge in [-0.15, -0.1) is 0 Å². The van der Waals surface area contributed by atoms with E-state index in [0.717, 1.165) is 44.0 Å². The number of hydrogen-bond acceptors (Lipinski definition) is 2. The van der Waals surface area contributed by atoms with Gasteiger partial charge in [-0.1, -0.05) is 43.3 Å². The number of nitrogens with one attached hydrogen (secondary N) is 2. The zero-order chi connectivity index (χ0) is 20.6. The molecular formula is C23H30F2N4. The van der Waals surface area contributed by atoms with Crippen LogP contribution < -0.4 is 10.6 Å². The predicted octanol–water partition coefficient (Wildman–Crippen LogP) is 3.90. The van der Waals surface area contributed by atoms with Gasteiger partial charge in [-0.3, -0.25) is 9.89 Å². The Bertz CT molecular complexity index is 802.